The van der Waals surface area contributed by atoms with Crippen LogP contribution in [-0.4, -0.2) is 48.5 Å². The molecule has 1 aliphatic heterocycles. The molecule has 2 aromatic heterocycles. The van der Waals surface area contributed by atoms with Gasteiger partial charge in [0.25, 0.3) is 0 Å². The van der Waals surface area contributed by atoms with E-state index in [1.165, 1.54) is 0 Å². The SMILES string of the molecule is COc1ccc(-c2csc3nc(C)nc(N4CCC[C@H](O)C4)c23)cc1OC. The first-order valence-electron chi connectivity index (χ1n) is 9.02. The van der Waals surface area contributed by atoms with Crippen LogP contribution < -0.4 is 14.4 Å². The molecule has 0 saturated carbocycles. The summed E-state index contributed by atoms with van der Waals surface area (Å²) in [6.07, 6.45) is 1.49. The summed E-state index contributed by atoms with van der Waals surface area (Å²) in [7, 11) is 3.27. The van der Waals surface area contributed by atoms with Crippen LogP contribution in [0.4, 0.5) is 5.82 Å². The number of benzene rings is 1. The molecule has 1 saturated heterocycles. The molecule has 0 spiro atoms. The lowest BCUT2D eigenvalue weighted by atomic mass is 10.0. The Bertz CT molecular complexity index is 973. The highest BCUT2D eigenvalue weighted by Gasteiger charge is 2.24. The Kier molecular flexibility index (Phi) is 4.88. The van der Waals surface area contributed by atoms with Crippen molar-refractivity contribution in [3.63, 3.8) is 0 Å². The molecule has 1 aromatic carbocycles. The van der Waals surface area contributed by atoms with Gasteiger partial charge in [-0.25, -0.2) is 9.97 Å². The smallest absolute Gasteiger partial charge is 0.161 e. The summed E-state index contributed by atoms with van der Waals surface area (Å²) in [6.45, 7) is 3.41. The van der Waals surface area contributed by atoms with Crippen LogP contribution in [0.15, 0.2) is 23.6 Å². The van der Waals surface area contributed by atoms with Gasteiger partial charge in [0.15, 0.2) is 11.5 Å². The van der Waals surface area contributed by atoms with E-state index in [4.69, 9.17) is 14.5 Å². The number of aryl methyl sites for hydroxylation is 1. The van der Waals surface area contributed by atoms with Gasteiger partial charge in [0.1, 0.15) is 16.5 Å². The summed E-state index contributed by atoms with van der Waals surface area (Å²) < 4.78 is 10.8. The highest BCUT2D eigenvalue weighted by atomic mass is 32.1. The largest absolute Gasteiger partial charge is 0.493 e. The monoisotopic (exact) mass is 385 g/mol. The molecule has 1 atom stereocenters. The number of aliphatic hydroxyl groups is 1. The second kappa shape index (κ2) is 7.32. The van der Waals surface area contributed by atoms with Crippen LogP contribution in [-0.2, 0) is 0 Å². The van der Waals surface area contributed by atoms with Crippen LogP contribution in [0.1, 0.15) is 18.7 Å². The van der Waals surface area contributed by atoms with Gasteiger partial charge in [0.2, 0.25) is 0 Å². The summed E-state index contributed by atoms with van der Waals surface area (Å²) in [5.74, 6) is 3.05. The first-order valence-corrected chi connectivity index (χ1v) is 9.90. The number of aromatic nitrogens is 2. The Morgan fingerprint density at radius 2 is 2.00 bits per heavy atom. The van der Waals surface area contributed by atoms with E-state index in [-0.39, 0.29) is 6.10 Å². The van der Waals surface area contributed by atoms with Crippen molar-refractivity contribution >= 4 is 27.4 Å². The standard InChI is InChI=1S/C20H23N3O3S/c1-12-21-19(23-8-4-5-14(24)10-23)18-15(11-27-20(18)22-12)13-6-7-16(25-2)17(9-13)26-3/h6-7,9,11,14,24H,4-5,8,10H2,1-3H3/t14-/m0/s1. The van der Waals surface area contributed by atoms with Crippen LogP contribution in [0.2, 0.25) is 0 Å². The molecular formula is C20H23N3O3S. The maximum Gasteiger partial charge on any atom is 0.161 e. The third kappa shape index (κ3) is 3.33. The van der Waals surface area contributed by atoms with E-state index >= 15 is 0 Å². The van der Waals surface area contributed by atoms with E-state index in [1.807, 2.05) is 25.1 Å². The minimum Gasteiger partial charge on any atom is -0.493 e. The fraction of sp³-hybridized carbons (Fsp3) is 0.400. The van der Waals surface area contributed by atoms with Crippen molar-refractivity contribution in [2.24, 2.45) is 0 Å². The van der Waals surface area contributed by atoms with Gasteiger partial charge in [-0.2, -0.15) is 0 Å². The van der Waals surface area contributed by atoms with Crippen LogP contribution in [0.25, 0.3) is 21.3 Å². The lowest BCUT2D eigenvalue weighted by Gasteiger charge is -2.31. The number of β-amino-alcohol motifs (C(OH)–C–C–N with tert-alkyl or cyclic N) is 1. The lowest BCUT2D eigenvalue weighted by Crippen LogP contribution is -2.39. The average Bonchev–Trinajstić information content (AvgIpc) is 3.10. The van der Waals surface area contributed by atoms with Crippen LogP contribution >= 0.6 is 11.3 Å². The minimum atomic E-state index is -0.313. The highest BCUT2D eigenvalue weighted by molar-refractivity contribution is 7.17. The van der Waals surface area contributed by atoms with E-state index in [2.05, 4.69) is 15.3 Å². The number of ether oxygens (including phenoxy) is 2. The van der Waals surface area contributed by atoms with Gasteiger partial charge in [0, 0.05) is 24.0 Å². The van der Waals surface area contributed by atoms with Gasteiger partial charge in [0.05, 0.1) is 25.7 Å². The van der Waals surface area contributed by atoms with Gasteiger partial charge >= 0.3 is 0 Å². The number of thiophene rings is 1. The molecule has 0 radical (unpaired) electrons. The zero-order chi connectivity index (χ0) is 19.0. The van der Waals surface area contributed by atoms with Crippen LogP contribution in [0.5, 0.6) is 11.5 Å². The number of aliphatic hydroxyl groups excluding tert-OH is 1. The van der Waals surface area contributed by atoms with E-state index < -0.39 is 0 Å². The Morgan fingerprint density at radius 3 is 2.74 bits per heavy atom. The van der Waals surface area contributed by atoms with E-state index in [0.29, 0.717) is 18.0 Å². The third-order valence-corrected chi connectivity index (χ3v) is 5.79. The quantitative estimate of drug-likeness (QED) is 0.739. The first kappa shape index (κ1) is 18.0. The normalized spacial score (nSPS) is 17.3. The van der Waals surface area contributed by atoms with Crippen molar-refractivity contribution in [1.82, 2.24) is 9.97 Å². The number of fused-ring (bicyclic) bond motifs is 1. The van der Waals surface area contributed by atoms with E-state index in [9.17, 15) is 5.11 Å². The van der Waals surface area contributed by atoms with Gasteiger partial charge in [-0.05, 0) is 37.5 Å². The van der Waals surface area contributed by atoms with Gasteiger partial charge in [-0.1, -0.05) is 6.07 Å². The molecule has 0 bridgehead atoms. The van der Waals surface area contributed by atoms with Crippen molar-refractivity contribution in [3.05, 3.63) is 29.4 Å². The van der Waals surface area contributed by atoms with E-state index in [0.717, 1.165) is 52.4 Å². The molecule has 0 unspecified atom stereocenters. The lowest BCUT2D eigenvalue weighted by molar-refractivity contribution is 0.154. The Balaban J connectivity index is 1.87. The van der Waals surface area contributed by atoms with Crippen molar-refractivity contribution in [2.45, 2.75) is 25.9 Å². The molecule has 4 rings (SSSR count). The summed E-state index contributed by atoms with van der Waals surface area (Å²) in [5, 5.41) is 13.3. The number of anilines is 1. The molecule has 142 valence electrons. The molecule has 1 aliphatic rings. The van der Waals surface area contributed by atoms with Gasteiger partial charge in [-0.15, -0.1) is 11.3 Å². The molecule has 1 fully saturated rings. The second-order valence-corrected chi connectivity index (χ2v) is 7.59. The maximum atomic E-state index is 10.1. The number of nitrogens with zero attached hydrogens (tertiary/aromatic N) is 3. The van der Waals surface area contributed by atoms with Gasteiger partial charge in [-0.3, -0.25) is 0 Å². The van der Waals surface area contributed by atoms with Crippen molar-refractivity contribution < 1.29 is 14.6 Å². The number of hydrogen-bond donors (Lipinski definition) is 1. The summed E-state index contributed by atoms with van der Waals surface area (Å²) in [4.78, 5) is 12.5. The maximum absolute atomic E-state index is 10.1. The van der Waals surface area contributed by atoms with Crippen LogP contribution in [0.3, 0.4) is 0 Å². The molecule has 6 nitrogen and oxygen atoms in total. The molecular weight excluding hydrogens is 362 g/mol. The minimum absolute atomic E-state index is 0.313. The molecule has 0 amide bonds. The highest BCUT2D eigenvalue weighted by Crippen LogP contribution is 2.41. The van der Waals surface area contributed by atoms with E-state index in [1.54, 1.807) is 25.6 Å². The second-order valence-electron chi connectivity index (χ2n) is 6.74. The number of methoxy groups -OCH3 is 2. The summed E-state index contributed by atoms with van der Waals surface area (Å²) >= 11 is 1.61. The Hall–Kier alpha value is -2.38. The summed E-state index contributed by atoms with van der Waals surface area (Å²) in [5.41, 5.74) is 2.11. The first-order chi connectivity index (χ1) is 13.1. The van der Waals surface area contributed by atoms with Crippen molar-refractivity contribution in [2.75, 3.05) is 32.2 Å². The van der Waals surface area contributed by atoms with Crippen molar-refractivity contribution in [1.29, 1.82) is 0 Å². The van der Waals surface area contributed by atoms with Crippen LogP contribution in [0, 0.1) is 6.92 Å². The Labute approximate surface area is 162 Å². The molecule has 7 heteroatoms. The third-order valence-electron chi connectivity index (χ3n) is 4.92. The predicted octanol–water partition coefficient (Wildman–Crippen LogP) is 3.65. The number of piperidine rings is 1. The van der Waals surface area contributed by atoms with Gasteiger partial charge < -0.3 is 19.5 Å². The van der Waals surface area contributed by atoms with Crippen molar-refractivity contribution in [3.8, 4) is 22.6 Å². The zero-order valence-electron chi connectivity index (χ0n) is 15.7. The molecule has 1 N–H and O–H groups in total. The zero-order valence-corrected chi connectivity index (χ0v) is 16.5. The number of hydrogen-bond acceptors (Lipinski definition) is 7. The predicted molar refractivity (Wildman–Crippen MR) is 108 cm³/mol. The Morgan fingerprint density at radius 1 is 1.19 bits per heavy atom. The fourth-order valence-corrected chi connectivity index (χ4v) is 4.61. The molecule has 3 heterocycles. The summed E-state index contributed by atoms with van der Waals surface area (Å²) in [6, 6.07) is 5.92. The fourth-order valence-electron chi connectivity index (χ4n) is 3.62. The number of rotatable bonds is 4. The molecule has 3 aromatic rings. The average molecular weight is 385 g/mol. The molecule has 27 heavy (non-hydrogen) atoms. The topological polar surface area (TPSA) is 67.7 Å². The molecule has 0 aliphatic carbocycles.